The summed E-state index contributed by atoms with van der Waals surface area (Å²) in [5, 5.41) is 2.78. The lowest BCUT2D eigenvalue weighted by atomic mass is 10.3. The Bertz CT molecular complexity index is 545. The second kappa shape index (κ2) is 21.4. The first-order chi connectivity index (χ1) is 13.6. The first-order valence-electron chi connectivity index (χ1n) is 8.60. The summed E-state index contributed by atoms with van der Waals surface area (Å²) in [5.74, 6) is -2.12. The SMILES string of the molecule is CC(=O)CC(=O)OCCOC(C)=O.CN.CN/C(C)=C\C(=O)OCCOC(C)=O. The standard InChI is InChI=1S/C9H15NO4.C8H12O5.CH5N/c1-7(10-3)6-9(12)14-5-4-13-8(2)11;1-6(9)5-8(11)13-4-3-12-7(2)10;1-2/h6,10H,4-5H2,1-3H3;3-5H2,1-2H3;2H2,1H3/b7-6-;;. The molecule has 0 aliphatic carbocycles. The van der Waals surface area contributed by atoms with Gasteiger partial charge in [-0.15, -0.1) is 0 Å². The van der Waals surface area contributed by atoms with Gasteiger partial charge in [-0.3, -0.25) is 19.2 Å². The van der Waals surface area contributed by atoms with E-state index in [1.54, 1.807) is 14.0 Å². The molecule has 0 saturated carbocycles. The van der Waals surface area contributed by atoms with Gasteiger partial charge in [0.05, 0.1) is 0 Å². The predicted octanol–water partition coefficient (Wildman–Crippen LogP) is -0.137. The number of carbonyl (C=O) groups excluding carboxylic acids is 5. The number of rotatable bonds is 10. The number of ether oxygens (including phenoxy) is 4. The molecule has 0 aromatic rings. The summed E-state index contributed by atoms with van der Waals surface area (Å²) in [7, 11) is 3.21. The molecule has 168 valence electrons. The largest absolute Gasteiger partial charge is 0.462 e. The number of hydrogen-bond acceptors (Lipinski definition) is 11. The summed E-state index contributed by atoms with van der Waals surface area (Å²) in [4.78, 5) is 52.7. The van der Waals surface area contributed by atoms with Crippen molar-refractivity contribution in [3.05, 3.63) is 11.8 Å². The number of Topliss-reactive ketones (excluding diaryl/α,β-unsaturated/α-hetero) is 1. The maximum absolute atomic E-state index is 11.0. The van der Waals surface area contributed by atoms with Crippen molar-refractivity contribution in [2.24, 2.45) is 5.73 Å². The molecule has 0 saturated heterocycles. The maximum Gasteiger partial charge on any atom is 0.332 e. The Kier molecular flexibility index (Phi) is 22.7. The van der Waals surface area contributed by atoms with E-state index < -0.39 is 17.9 Å². The number of hydrogen-bond donors (Lipinski definition) is 2. The molecule has 11 heteroatoms. The van der Waals surface area contributed by atoms with Crippen LogP contribution in [0.1, 0.15) is 34.1 Å². The van der Waals surface area contributed by atoms with Crippen LogP contribution in [0.25, 0.3) is 0 Å². The minimum absolute atomic E-state index is 0.00824. The summed E-state index contributed by atoms with van der Waals surface area (Å²) in [6.07, 6.45) is 1.09. The van der Waals surface area contributed by atoms with Crippen molar-refractivity contribution < 1.29 is 42.9 Å². The first kappa shape index (κ1) is 30.8. The van der Waals surface area contributed by atoms with Gasteiger partial charge < -0.3 is 30.0 Å². The average molecular weight is 420 g/mol. The number of nitrogens with one attached hydrogen (secondary N) is 1. The zero-order valence-electron chi connectivity index (χ0n) is 17.9. The molecule has 0 bridgehead atoms. The third-order valence-corrected chi connectivity index (χ3v) is 2.41. The highest BCUT2D eigenvalue weighted by molar-refractivity contribution is 5.94. The highest BCUT2D eigenvalue weighted by Gasteiger charge is 2.05. The van der Waals surface area contributed by atoms with Gasteiger partial charge in [0, 0.05) is 32.7 Å². The predicted molar refractivity (Wildman–Crippen MR) is 103 cm³/mol. The van der Waals surface area contributed by atoms with Crippen molar-refractivity contribution >= 4 is 29.7 Å². The quantitative estimate of drug-likeness (QED) is 0.159. The Morgan fingerprint density at radius 3 is 1.55 bits per heavy atom. The number of nitrogens with two attached hydrogens (primary N) is 1. The molecular weight excluding hydrogens is 388 g/mol. The van der Waals surface area contributed by atoms with E-state index in [1.807, 2.05) is 0 Å². The third kappa shape index (κ3) is 30.0. The lowest BCUT2D eigenvalue weighted by Crippen LogP contribution is -2.14. The van der Waals surface area contributed by atoms with E-state index in [0.29, 0.717) is 5.70 Å². The number of esters is 4. The monoisotopic (exact) mass is 420 g/mol. The number of ketones is 1. The summed E-state index contributed by atoms with van der Waals surface area (Å²) >= 11 is 0. The molecule has 0 amide bonds. The van der Waals surface area contributed by atoms with Crippen molar-refractivity contribution in [1.29, 1.82) is 0 Å². The fraction of sp³-hybridized carbons (Fsp3) is 0.611. The zero-order chi connectivity index (χ0) is 23.2. The molecule has 0 rings (SSSR count). The molecule has 29 heavy (non-hydrogen) atoms. The normalized spacial score (nSPS) is 9.41. The molecular formula is C18H32N2O9. The van der Waals surface area contributed by atoms with Gasteiger partial charge in [-0.2, -0.15) is 0 Å². The third-order valence-electron chi connectivity index (χ3n) is 2.41. The van der Waals surface area contributed by atoms with Gasteiger partial charge in [-0.25, -0.2) is 4.79 Å². The molecule has 0 radical (unpaired) electrons. The van der Waals surface area contributed by atoms with Crippen LogP contribution in [0.15, 0.2) is 11.8 Å². The lowest BCUT2D eigenvalue weighted by Gasteiger charge is -2.03. The summed E-state index contributed by atoms with van der Waals surface area (Å²) in [6.45, 7) is 5.79. The van der Waals surface area contributed by atoms with Crippen LogP contribution in [0.3, 0.4) is 0 Å². The van der Waals surface area contributed by atoms with E-state index in [2.05, 4.69) is 25.3 Å². The first-order valence-corrected chi connectivity index (χ1v) is 8.60. The van der Waals surface area contributed by atoms with Crippen molar-refractivity contribution in [2.45, 2.75) is 34.1 Å². The van der Waals surface area contributed by atoms with Gasteiger partial charge in [0.1, 0.15) is 38.6 Å². The summed E-state index contributed by atoms with van der Waals surface area (Å²) in [6, 6.07) is 0. The van der Waals surface area contributed by atoms with Gasteiger partial charge in [-0.05, 0) is 20.9 Å². The van der Waals surface area contributed by atoms with E-state index in [9.17, 15) is 24.0 Å². The molecule has 0 aromatic carbocycles. The van der Waals surface area contributed by atoms with Crippen LogP contribution in [0.5, 0.6) is 0 Å². The summed E-state index contributed by atoms with van der Waals surface area (Å²) in [5.41, 5.74) is 5.21. The van der Waals surface area contributed by atoms with E-state index in [0.717, 1.165) is 0 Å². The van der Waals surface area contributed by atoms with Gasteiger partial charge in [-0.1, -0.05) is 0 Å². The van der Waals surface area contributed by atoms with Crippen molar-refractivity contribution in [2.75, 3.05) is 40.5 Å². The van der Waals surface area contributed by atoms with E-state index >= 15 is 0 Å². The summed E-state index contributed by atoms with van der Waals surface area (Å²) < 4.78 is 18.4. The van der Waals surface area contributed by atoms with Crippen LogP contribution in [0.2, 0.25) is 0 Å². The highest BCUT2D eigenvalue weighted by Crippen LogP contribution is 1.89. The molecule has 3 N–H and O–H groups in total. The second-order valence-corrected chi connectivity index (χ2v) is 5.02. The van der Waals surface area contributed by atoms with Crippen LogP contribution in [-0.2, 0) is 42.9 Å². The van der Waals surface area contributed by atoms with E-state index in [4.69, 9.17) is 4.74 Å². The lowest BCUT2D eigenvalue weighted by molar-refractivity contribution is -0.152. The van der Waals surface area contributed by atoms with Gasteiger partial charge in [0.25, 0.3) is 0 Å². The molecule has 0 spiro atoms. The van der Waals surface area contributed by atoms with Crippen molar-refractivity contribution in [3.8, 4) is 0 Å². The average Bonchev–Trinajstić information content (AvgIpc) is 2.63. The smallest absolute Gasteiger partial charge is 0.332 e. The Hall–Kier alpha value is -2.95. The number of carbonyl (C=O) groups is 5. The van der Waals surface area contributed by atoms with Gasteiger partial charge >= 0.3 is 23.9 Å². The van der Waals surface area contributed by atoms with Crippen LogP contribution in [-0.4, -0.2) is 70.2 Å². The minimum Gasteiger partial charge on any atom is -0.462 e. The van der Waals surface area contributed by atoms with Crippen molar-refractivity contribution in [1.82, 2.24) is 5.32 Å². The molecule has 0 heterocycles. The molecule has 0 aliphatic rings. The van der Waals surface area contributed by atoms with E-state index in [-0.39, 0.29) is 44.6 Å². The van der Waals surface area contributed by atoms with Crippen LogP contribution >= 0.6 is 0 Å². The van der Waals surface area contributed by atoms with E-state index in [1.165, 1.54) is 33.9 Å². The molecule has 0 fully saturated rings. The van der Waals surface area contributed by atoms with Crippen molar-refractivity contribution in [3.63, 3.8) is 0 Å². The fourth-order valence-electron chi connectivity index (χ4n) is 1.21. The molecule has 0 unspecified atom stereocenters. The fourth-order valence-corrected chi connectivity index (χ4v) is 1.21. The van der Waals surface area contributed by atoms with Gasteiger partial charge in [0.2, 0.25) is 0 Å². The van der Waals surface area contributed by atoms with Crippen LogP contribution < -0.4 is 11.1 Å². The Morgan fingerprint density at radius 1 is 0.759 bits per heavy atom. The second-order valence-electron chi connectivity index (χ2n) is 5.02. The van der Waals surface area contributed by atoms with Gasteiger partial charge in [0.15, 0.2) is 0 Å². The minimum atomic E-state index is -0.598. The number of allylic oxidation sites excluding steroid dienone is 1. The Morgan fingerprint density at radius 2 is 1.17 bits per heavy atom. The highest BCUT2D eigenvalue weighted by atomic mass is 16.6. The zero-order valence-corrected chi connectivity index (χ0v) is 17.9. The topological polar surface area (TPSA) is 160 Å². The van der Waals surface area contributed by atoms with Crippen LogP contribution in [0, 0.1) is 0 Å². The Labute approximate surface area is 170 Å². The molecule has 0 aliphatic heterocycles. The van der Waals surface area contributed by atoms with Crippen LogP contribution in [0.4, 0.5) is 0 Å². The molecule has 0 atom stereocenters. The molecule has 0 aromatic heterocycles. The Balaban J connectivity index is -0.000000430. The maximum atomic E-state index is 11.0. The molecule has 11 nitrogen and oxygen atoms in total.